The van der Waals surface area contributed by atoms with Gasteiger partial charge in [0, 0.05) is 19.1 Å². The first-order valence-corrected chi connectivity index (χ1v) is 6.52. The topological polar surface area (TPSA) is 53.6 Å². The molecule has 1 rings (SSSR count). The average Bonchev–Trinajstić information content (AvgIpc) is 2.70. The van der Waals surface area contributed by atoms with Gasteiger partial charge in [-0.25, -0.2) is 0 Å². The summed E-state index contributed by atoms with van der Waals surface area (Å²) in [4.78, 5) is 6.93. The Morgan fingerprint density at radius 2 is 2.33 bits per heavy atom. The van der Waals surface area contributed by atoms with Gasteiger partial charge in [0.25, 0.3) is 0 Å². The Morgan fingerprint density at radius 1 is 1.61 bits per heavy atom. The molecule has 0 unspecified atom stereocenters. The molecule has 1 aliphatic rings. The number of nitrogens with one attached hydrogen (secondary N) is 1. The van der Waals surface area contributed by atoms with Crippen LogP contribution < -0.4 is 11.1 Å². The van der Waals surface area contributed by atoms with Crippen LogP contribution in [0.1, 0.15) is 26.7 Å². The van der Waals surface area contributed by atoms with E-state index in [0.717, 1.165) is 12.5 Å². The van der Waals surface area contributed by atoms with Crippen molar-refractivity contribution in [3.8, 4) is 0 Å². The van der Waals surface area contributed by atoms with Crippen molar-refractivity contribution < 1.29 is 0 Å². The lowest BCUT2D eigenvalue weighted by atomic mass is 10.2. The molecule has 0 radical (unpaired) electrons. The molecule has 3 N–H and O–H groups in total. The summed E-state index contributed by atoms with van der Waals surface area (Å²) in [5, 5.41) is 3.00. The van der Waals surface area contributed by atoms with Crippen LogP contribution >= 0.6 is 24.0 Å². The second kappa shape index (κ2) is 9.61. The molecule has 0 aromatic carbocycles. The van der Waals surface area contributed by atoms with E-state index in [0.29, 0.717) is 18.5 Å². The van der Waals surface area contributed by atoms with Crippen LogP contribution in [0.3, 0.4) is 0 Å². The summed E-state index contributed by atoms with van der Waals surface area (Å²) >= 11 is 0. The Kier molecular flexibility index (Phi) is 9.45. The third-order valence-electron chi connectivity index (χ3n) is 3.00. The molecule has 0 bridgehead atoms. The van der Waals surface area contributed by atoms with Gasteiger partial charge in [-0.2, -0.15) is 0 Å². The fraction of sp³-hybridized carbons (Fsp3) is 0.769. The number of likely N-dealkylation sites (tertiary alicyclic amines) is 1. The molecule has 1 aliphatic heterocycles. The lowest BCUT2D eigenvalue weighted by Crippen LogP contribution is -2.37. The molecule has 5 heteroatoms. The smallest absolute Gasteiger partial charge is 0.188 e. The Labute approximate surface area is 128 Å². The zero-order valence-corrected chi connectivity index (χ0v) is 13.9. The first-order valence-electron chi connectivity index (χ1n) is 6.52. The minimum Gasteiger partial charge on any atom is -0.370 e. The highest BCUT2D eigenvalue weighted by molar-refractivity contribution is 14.0. The van der Waals surface area contributed by atoms with Crippen LogP contribution in [0, 0.1) is 5.92 Å². The van der Waals surface area contributed by atoms with Gasteiger partial charge in [-0.15, -0.1) is 30.6 Å². The van der Waals surface area contributed by atoms with E-state index in [9.17, 15) is 0 Å². The molecule has 0 amide bonds. The molecule has 1 fully saturated rings. The maximum Gasteiger partial charge on any atom is 0.188 e. The average molecular weight is 366 g/mol. The van der Waals surface area contributed by atoms with Crippen molar-refractivity contribution in [2.45, 2.75) is 32.7 Å². The maximum atomic E-state index is 5.76. The monoisotopic (exact) mass is 366 g/mol. The molecule has 0 aliphatic carbocycles. The van der Waals surface area contributed by atoms with Crippen LogP contribution in [0.4, 0.5) is 0 Å². The summed E-state index contributed by atoms with van der Waals surface area (Å²) in [6.45, 7) is 12.0. The standard InChI is InChI=1S/C13H26N4.HI/c1-4-7-15-13(14)16-9-12-6-5-8-17(12)10-11(2)3;/h4,11-12H,1,5-10H2,2-3H3,(H3,14,15,16);1H/t12-;/m1./s1. The van der Waals surface area contributed by atoms with E-state index in [1.807, 2.05) is 0 Å². The van der Waals surface area contributed by atoms with Crippen molar-refractivity contribution in [1.82, 2.24) is 10.2 Å². The zero-order chi connectivity index (χ0) is 12.7. The molecular formula is C13H27IN4. The highest BCUT2D eigenvalue weighted by Crippen LogP contribution is 2.18. The van der Waals surface area contributed by atoms with Crippen LogP contribution in [0.5, 0.6) is 0 Å². The van der Waals surface area contributed by atoms with Gasteiger partial charge >= 0.3 is 0 Å². The number of rotatable bonds is 6. The van der Waals surface area contributed by atoms with Crippen molar-refractivity contribution in [2.24, 2.45) is 16.6 Å². The minimum atomic E-state index is 0. The molecule has 106 valence electrons. The second-order valence-corrected chi connectivity index (χ2v) is 5.08. The number of aliphatic imine (C=N–C) groups is 1. The number of nitrogens with zero attached hydrogens (tertiary/aromatic N) is 2. The number of halogens is 1. The van der Waals surface area contributed by atoms with E-state index in [2.05, 4.69) is 35.6 Å². The van der Waals surface area contributed by atoms with E-state index in [4.69, 9.17) is 5.73 Å². The minimum absolute atomic E-state index is 0. The number of guanidine groups is 1. The molecule has 1 heterocycles. The summed E-state index contributed by atoms with van der Waals surface area (Å²) in [5.74, 6) is 1.25. The normalized spacial score (nSPS) is 20.8. The summed E-state index contributed by atoms with van der Waals surface area (Å²) < 4.78 is 0. The predicted octanol–water partition coefficient (Wildman–Crippen LogP) is 1.82. The molecule has 0 aromatic rings. The largest absolute Gasteiger partial charge is 0.370 e. The second-order valence-electron chi connectivity index (χ2n) is 5.08. The summed E-state index contributed by atoms with van der Waals surface area (Å²) in [6.07, 6.45) is 4.31. The highest BCUT2D eigenvalue weighted by atomic mass is 127. The van der Waals surface area contributed by atoms with Crippen molar-refractivity contribution in [1.29, 1.82) is 0 Å². The fourth-order valence-corrected chi connectivity index (χ4v) is 2.25. The van der Waals surface area contributed by atoms with Crippen molar-refractivity contribution in [3.63, 3.8) is 0 Å². The van der Waals surface area contributed by atoms with Gasteiger partial charge in [0.2, 0.25) is 0 Å². The number of hydrogen-bond donors (Lipinski definition) is 2. The first kappa shape index (κ1) is 17.7. The number of nitrogens with two attached hydrogens (primary N) is 1. The first-order chi connectivity index (χ1) is 8.13. The SMILES string of the molecule is C=CCNC(N)=NC[C@H]1CCCN1CC(C)C.I. The molecule has 4 nitrogen and oxygen atoms in total. The molecule has 0 spiro atoms. The van der Waals surface area contributed by atoms with Crippen LogP contribution in [0.15, 0.2) is 17.6 Å². The maximum absolute atomic E-state index is 5.76. The van der Waals surface area contributed by atoms with Crippen molar-refractivity contribution in [3.05, 3.63) is 12.7 Å². The molecular weight excluding hydrogens is 339 g/mol. The van der Waals surface area contributed by atoms with Crippen LogP contribution in [0.25, 0.3) is 0 Å². The molecule has 0 saturated carbocycles. The summed E-state index contributed by atoms with van der Waals surface area (Å²) in [7, 11) is 0. The van der Waals surface area contributed by atoms with Gasteiger partial charge in [0.1, 0.15) is 0 Å². The molecule has 1 saturated heterocycles. The van der Waals surface area contributed by atoms with E-state index < -0.39 is 0 Å². The van der Waals surface area contributed by atoms with Gasteiger partial charge in [-0.05, 0) is 25.3 Å². The van der Waals surface area contributed by atoms with Gasteiger partial charge in [-0.1, -0.05) is 19.9 Å². The van der Waals surface area contributed by atoms with Gasteiger partial charge < -0.3 is 11.1 Å². The van der Waals surface area contributed by atoms with E-state index in [1.165, 1.54) is 25.9 Å². The third-order valence-corrected chi connectivity index (χ3v) is 3.00. The lowest BCUT2D eigenvalue weighted by Gasteiger charge is -2.24. The summed E-state index contributed by atoms with van der Waals surface area (Å²) in [6, 6.07) is 0.571. The third kappa shape index (κ3) is 6.58. The fourth-order valence-electron chi connectivity index (χ4n) is 2.25. The lowest BCUT2D eigenvalue weighted by molar-refractivity contribution is 0.231. The van der Waals surface area contributed by atoms with Gasteiger partial charge in [-0.3, -0.25) is 9.89 Å². The highest BCUT2D eigenvalue weighted by Gasteiger charge is 2.24. The molecule has 18 heavy (non-hydrogen) atoms. The van der Waals surface area contributed by atoms with Crippen molar-refractivity contribution in [2.75, 3.05) is 26.2 Å². The predicted molar refractivity (Wildman–Crippen MR) is 89.5 cm³/mol. The van der Waals surface area contributed by atoms with Crippen LogP contribution in [0.2, 0.25) is 0 Å². The zero-order valence-electron chi connectivity index (χ0n) is 11.6. The van der Waals surface area contributed by atoms with Gasteiger partial charge in [0.15, 0.2) is 5.96 Å². The van der Waals surface area contributed by atoms with Crippen molar-refractivity contribution >= 4 is 29.9 Å². The Bertz CT molecular complexity index is 266. The molecule has 1 atom stereocenters. The van der Waals surface area contributed by atoms with E-state index in [-0.39, 0.29) is 24.0 Å². The Morgan fingerprint density at radius 3 is 2.94 bits per heavy atom. The summed E-state index contributed by atoms with van der Waals surface area (Å²) in [5.41, 5.74) is 5.76. The number of hydrogen-bond acceptors (Lipinski definition) is 2. The van der Waals surface area contributed by atoms with E-state index >= 15 is 0 Å². The van der Waals surface area contributed by atoms with Gasteiger partial charge in [0.05, 0.1) is 6.54 Å². The Balaban J connectivity index is 0.00000289. The van der Waals surface area contributed by atoms with Crippen LogP contribution in [-0.4, -0.2) is 43.1 Å². The Hall–Kier alpha value is -0.300. The quantitative estimate of drug-likeness (QED) is 0.326. The van der Waals surface area contributed by atoms with Crippen LogP contribution in [-0.2, 0) is 0 Å². The molecule has 0 aromatic heterocycles. The van der Waals surface area contributed by atoms with E-state index in [1.54, 1.807) is 6.08 Å².